The Morgan fingerprint density at radius 3 is 2.02 bits per heavy atom. The Hall–Kier alpha value is -2.01. The van der Waals surface area contributed by atoms with Crippen LogP contribution in [0.1, 0.15) is 128 Å². The lowest BCUT2D eigenvalue weighted by Gasteiger charge is -2.35. The van der Waals surface area contributed by atoms with E-state index < -0.39 is 0 Å². The maximum atomic E-state index is 13.8. The molecule has 5 heteroatoms. The van der Waals surface area contributed by atoms with E-state index in [0.717, 1.165) is 44.2 Å². The van der Waals surface area contributed by atoms with Crippen LogP contribution >= 0.6 is 0 Å². The topological polar surface area (TPSA) is 48.0 Å². The van der Waals surface area contributed by atoms with E-state index in [0.29, 0.717) is 35.5 Å². The average molecular weight is 572 g/mol. The molecule has 1 aliphatic heterocycles. The largest absolute Gasteiger partial charge is 0.496 e. The molecule has 0 aliphatic carbocycles. The summed E-state index contributed by atoms with van der Waals surface area (Å²) in [7, 11) is 4.91. The number of unbranched alkanes of at least 4 members (excludes halogenated alkanes) is 10. The molecule has 234 valence electrons. The van der Waals surface area contributed by atoms with Gasteiger partial charge in [0.1, 0.15) is 23.0 Å². The fourth-order valence-corrected chi connectivity index (χ4v) is 6.45. The summed E-state index contributed by atoms with van der Waals surface area (Å²) >= 11 is 0. The molecular weight excluding hydrogens is 510 g/mol. The van der Waals surface area contributed by atoms with Crippen molar-refractivity contribution in [2.75, 3.05) is 34.4 Å². The van der Waals surface area contributed by atoms with Crippen LogP contribution in [0.3, 0.4) is 0 Å². The first kappa shape index (κ1) is 35.2. The number of ketones is 1. The molecular formula is C36H61NO4. The van der Waals surface area contributed by atoms with Gasteiger partial charge < -0.3 is 19.1 Å². The van der Waals surface area contributed by atoms with Crippen LogP contribution in [0.25, 0.3) is 0 Å². The van der Waals surface area contributed by atoms with Crippen LogP contribution in [0.2, 0.25) is 0 Å². The monoisotopic (exact) mass is 571 g/mol. The van der Waals surface area contributed by atoms with Crippen LogP contribution in [0.4, 0.5) is 0 Å². The predicted octanol–water partition coefficient (Wildman–Crippen LogP) is 9.35. The van der Waals surface area contributed by atoms with E-state index in [4.69, 9.17) is 14.2 Å². The zero-order valence-electron chi connectivity index (χ0n) is 27.0. The van der Waals surface area contributed by atoms with Crippen molar-refractivity contribution in [1.29, 1.82) is 0 Å². The lowest BCUT2D eigenvalue weighted by molar-refractivity contribution is -0.122. The van der Waals surface area contributed by atoms with Gasteiger partial charge >= 0.3 is 0 Å². The Kier molecular flexibility index (Phi) is 18.6. The van der Waals surface area contributed by atoms with Crippen molar-refractivity contribution in [3.63, 3.8) is 0 Å². The van der Waals surface area contributed by atoms with Crippen molar-refractivity contribution in [2.24, 2.45) is 5.92 Å². The van der Waals surface area contributed by atoms with Gasteiger partial charge in [0.25, 0.3) is 0 Å². The van der Waals surface area contributed by atoms with Gasteiger partial charge in [-0.05, 0) is 51.6 Å². The van der Waals surface area contributed by atoms with Gasteiger partial charge in [-0.3, -0.25) is 4.79 Å². The highest BCUT2D eigenvalue weighted by Gasteiger charge is 2.25. The molecule has 2 atom stereocenters. The number of carbonyl (C=O) groups excluding carboxylic acids is 1. The molecule has 1 fully saturated rings. The van der Waals surface area contributed by atoms with Gasteiger partial charge in [0.05, 0.1) is 21.3 Å². The van der Waals surface area contributed by atoms with Gasteiger partial charge in [-0.25, -0.2) is 0 Å². The maximum Gasteiger partial charge on any atom is 0.140 e. The zero-order chi connectivity index (χ0) is 29.7. The highest BCUT2D eigenvalue weighted by Crippen LogP contribution is 2.35. The molecule has 1 aliphatic rings. The number of hydrogen-bond donors (Lipinski definition) is 0. The van der Waals surface area contributed by atoms with E-state index in [1.807, 2.05) is 12.1 Å². The minimum atomic E-state index is 0.0766. The van der Waals surface area contributed by atoms with Crippen molar-refractivity contribution >= 4 is 5.78 Å². The SMILES string of the molecule is C=CCC1CCCCN1CCCC(CCCCCCCCCCCCC)C(=O)Cc1c(OC)cc(OC)cc1OC. The van der Waals surface area contributed by atoms with Crippen molar-refractivity contribution in [3.8, 4) is 17.2 Å². The second-order valence-electron chi connectivity index (χ2n) is 12.0. The molecule has 2 unspecified atom stereocenters. The van der Waals surface area contributed by atoms with Crippen molar-refractivity contribution in [1.82, 2.24) is 4.90 Å². The number of Topliss-reactive ketones (excluding diaryl/α,β-unsaturated/α-hetero) is 1. The summed E-state index contributed by atoms with van der Waals surface area (Å²) < 4.78 is 16.7. The lowest BCUT2D eigenvalue weighted by Crippen LogP contribution is -2.40. The predicted molar refractivity (Wildman–Crippen MR) is 173 cm³/mol. The third kappa shape index (κ3) is 13.2. The van der Waals surface area contributed by atoms with E-state index in [2.05, 4.69) is 24.5 Å². The highest BCUT2D eigenvalue weighted by atomic mass is 16.5. The number of rotatable bonds is 24. The molecule has 0 spiro atoms. The summed E-state index contributed by atoms with van der Waals surface area (Å²) in [5.74, 6) is 2.36. The molecule has 0 amide bonds. The number of likely N-dealkylation sites (tertiary alicyclic amines) is 1. The third-order valence-corrected chi connectivity index (χ3v) is 8.97. The highest BCUT2D eigenvalue weighted by molar-refractivity contribution is 5.84. The molecule has 0 N–H and O–H groups in total. The summed E-state index contributed by atoms with van der Waals surface area (Å²) in [4.78, 5) is 16.4. The first-order valence-electron chi connectivity index (χ1n) is 16.7. The minimum Gasteiger partial charge on any atom is -0.496 e. The Labute approximate surface area is 252 Å². The van der Waals surface area contributed by atoms with Crippen LogP contribution in [0.5, 0.6) is 17.2 Å². The van der Waals surface area contributed by atoms with Crippen molar-refractivity contribution in [3.05, 3.63) is 30.4 Å². The van der Waals surface area contributed by atoms with E-state index in [1.54, 1.807) is 21.3 Å². The number of piperidine rings is 1. The van der Waals surface area contributed by atoms with Crippen LogP contribution in [-0.2, 0) is 11.2 Å². The number of benzene rings is 1. The summed E-state index contributed by atoms with van der Waals surface area (Å²) in [5, 5.41) is 0. The Balaban J connectivity index is 1.93. The van der Waals surface area contributed by atoms with Crippen LogP contribution in [-0.4, -0.2) is 51.1 Å². The molecule has 1 heterocycles. The smallest absolute Gasteiger partial charge is 0.140 e. The van der Waals surface area contributed by atoms with Crippen LogP contribution < -0.4 is 14.2 Å². The first-order chi connectivity index (χ1) is 20.1. The minimum absolute atomic E-state index is 0.0766. The molecule has 0 saturated carbocycles. The molecule has 1 aromatic carbocycles. The average Bonchev–Trinajstić information content (AvgIpc) is 2.99. The van der Waals surface area contributed by atoms with Crippen molar-refractivity contribution in [2.45, 2.75) is 135 Å². The summed E-state index contributed by atoms with van der Waals surface area (Å²) in [6, 6.07) is 4.31. The number of nitrogens with zero attached hydrogens (tertiary/aromatic N) is 1. The molecule has 1 saturated heterocycles. The number of carbonyl (C=O) groups is 1. The second-order valence-corrected chi connectivity index (χ2v) is 12.0. The van der Waals surface area contributed by atoms with Gasteiger partial charge in [0, 0.05) is 36.1 Å². The molecule has 5 nitrogen and oxygen atoms in total. The molecule has 0 radical (unpaired) electrons. The van der Waals surface area contributed by atoms with E-state index in [1.165, 1.54) is 90.0 Å². The van der Waals surface area contributed by atoms with Gasteiger partial charge in [-0.15, -0.1) is 6.58 Å². The van der Waals surface area contributed by atoms with E-state index in [-0.39, 0.29) is 5.92 Å². The molecule has 41 heavy (non-hydrogen) atoms. The molecule has 0 bridgehead atoms. The summed E-state index contributed by atoms with van der Waals surface area (Å²) in [6.45, 7) is 8.51. The van der Waals surface area contributed by atoms with Gasteiger partial charge in [-0.2, -0.15) is 0 Å². The standard InChI is InChI=1S/C36H61NO4/c1-6-8-9-10-11-12-13-14-15-16-17-22-30(23-20-26-37-25-19-18-24-31(37)21-7-2)34(38)29-33-35(40-4)27-32(39-3)28-36(33)41-5/h7,27-28,30-31H,2,6,8-26,29H2,1,3-5H3. The van der Waals surface area contributed by atoms with Crippen LogP contribution in [0, 0.1) is 5.92 Å². The zero-order valence-corrected chi connectivity index (χ0v) is 27.0. The lowest BCUT2D eigenvalue weighted by atomic mass is 9.88. The second kappa shape index (κ2) is 21.7. The molecule has 1 aromatic rings. The van der Waals surface area contributed by atoms with E-state index in [9.17, 15) is 4.79 Å². The van der Waals surface area contributed by atoms with Gasteiger partial charge in [0.15, 0.2) is 0 Å². The first-order valence-corrected chi connectivity index (χ1v) is 16.7. The van der Waals surface area contributed by atoms with Crippen LogP contribution in [0.15, 0.2) is 24.8 Å². The number of hydrogen-bond acceptors (Lipinski definition) is 5. The number of ether oxygens (including phenoxy) is 3. The number of methoxy groups -OCH3 is 3. The molecule has 0 aromatic heterocycles. The van der Waals surface area contributed by atoms with Gasteiger partial charge in [-0.1, -0.05) is 90.0 Å². The van der Waals surface area contributed by atoms with Gasteiger partial charge in [0.2, 0.25) is 0 Å². The summed E-state index contributed by atoms with van der Waals surface area (Å²) in [5.41, 5.74) is 0.826. The Morgan fingerprint density at radius 1 is 0.878 bits per heavy atom. The Morgan fingerprint density at radius 2 is 1.46 bits per heavy atom. The fourth-order valence-electron chi connectivity index (χ4n) is 6.45. The quantitative estimate of drug-likeness (QED) is 0.0914. The fraction of sp³-hybridized carbons (Fsp3) is 0.750. The molecule has 2 rings (SSSR count). The summed E-state index contributed by atoms with van der Waals surface area (Å²) in [6.07, 6.45) is 24.9. The van der Waals surface area contributed by atoms with Crippen molar-refractivity contribution < 1.29 is 19.0 Å². The Bertz CT molecular complexity index is 829. The van der Waals surface area contributed by atoms with E-state index >= 15 is 0 Å². The maximum absolute atomic E-state index is 13.8. The normalized spacial score (nSPS) is 16.3. The third-order valence-electron chi connectivity index (χ3n) is 8.97.